The number of hydrogen-bond donors (Lipinski definition) is 1. The number of halogens is 2. The maximum absolute atomic E-state index is 6.02. The number of rotatable bonds is 4. The van der Waals surface area contributed by atoms with Crippen LogP contribution in [0.1, 0.15) is 6.92 Å². The number of anilines is 1. The van der Waals surface area contributed by atoms with Crippen molar-refractivity contribution in [2.24, 2.45) is 0 Å². The van der Waals surface area contributed by atoms with Crippen LogP contribution in [0.3, 0.4) is 0 Å². The van der Waals surface area contributed by atoms with E-state index in [9.17, 15) is 0 Å². The second-order valence-corrected chi connectivity index (χ2v) is 4.37. The van der Waals surface area contributed by atoms with Crippen LogP contribution in [-0.2, 0) is 4.74 Å². The van der Waals surface area contributed by atoms with Crippen molar-refractivity contribution in [2.45, 2.75) is 13.0 Å². The van der Waals surface area contributed by atoms with Gasteiger partial charge in [-0.2, -0.15) is 0 Å². The van der Waals surface area contributed by atoms with Crippen molar-refractivity contribution in [3.8, 4) is 0 Å². The molecule has 0 bridgehead atoms. The third kappa shape index (κ3) is 3.48. The maximum atomic E-state index is 6.02. The van der Waals surface area contributed by atoms with Crippen LogP contribution in [0.15, 0.2) is 22.7 Å². The Morgan fingerprint density at radius 1 is 1.57 bits per heavy atom. The predicted octanol–water partition coefficient (Wildman–Crippen LogP) is 3.55. The molecule has 0 heterocycles. The lowest BCUT2D eigenvalue weighted by molar-refractivity contribution is 0.129. The van der Waals surface area contributed by atoms with E-state index >= 15 is 0 Å². The molecule has 0 radical (unpaired) electrons. The van der Waals surface area contributed by atoms with Crippen LogP contribution in [0.2, 0.25) is 5.02 Å². The highest BCUT2D eigenvalue weighted by molar-refractivity contribution is 9.10. The first-order valence-electron chi connectivity index (χ1n) is 4.35. The molecule has 0 aromatic heterocycles. The first-order valence-corrected chi connectivity index (χ1v) is 5.52. The highest BCUT2D eigenvalue weighted by Gasteiger charge is 2.02. The van der Waals surface area contributed by atoms with E-state index in [0.717, 1.165) is 16.7 Å². The third-order valence-corrected chi connectivity index (χ3v) is 2.72. The van der Waals surface area contributed by atoms with Gasteiger partial charge >= 0.3 is 0 Å². The van der Waals surface area contributed by atoms with Crippen molar-refractivity contribution in [1.29, 1.82) is 0 Å². The molecule has 0 saturated heterocycles. The summed E-state index contributed by atoms with van der Waals surface area (Å²) in [4.78, 5) is 0. The van der Waals surface area contributed by atoms with Gasteiger partial charge in [-0.3, -0.25) is 0 Å². The summed E-state index contributed by atoms with van der Waals surface area (Å²) in [5, 5.41) is 3.92. The normalized spacial score (nSPS) is 12.6. The van der Waals surface area contributed by atoms with Crippen molar-refractivity contribution in [1.82, 2.24) is 0 Å². The Kier molecular flexibility index (Phi) is 4.72. The lowest BCUT2D eigenvalue weighted by Gasteiger charge is -2.12. The molecule has 1 unspecified atom stereocenters. The molecule has 1 N–H and O–H groups in total. The molecule has 1 atom stereocenters. The average Bonchev–Trinajstić information content (AvgIpc) is 2.16. The summed E-state index contributed by atoms with van der Waals surface area (Å²) in [5.41, 5.74) is 0.929. The molecule has 78 valence electrons. The van der Waals surface area contributed by atoms with Crippen molar-refractivity contribution in [3.05, 3.63) is 27.7 Å². The van der Waals surface area contributed by atoms with Crippen molar-refractivity contribution in [2.75, 3.05) is 19.0 Å². The van der Waals surface area contributed by atoms with E-state index in [1.54, 1.807) is 7.11 Å². The van der Waals surface area contributed by atoms with E-state index in [1.165, 1.54) is 0 Å². The zero-order valence-electron chi connectivity index (χ0n) is 8.18. The van der Waals surface area contributed by atoms with E-state index in [2.05, 4.69) is 21.2 Å². The zero-order chi connectivity index (χ0) is 10.6. The smallest absolute Gasteiger partial charge is 0.0715 e. The molecule has 4 heteroatoms. The van der Waals surface area contributed by atoms with Gasteiger partial charge in [0.15, 0.2) is 0 Å². The molecule has 1 rings (SSSR count). The van der Waals surface area contributed by atoms with Gasteiger partial charge in [0.2, 0.25) is 0 Å². The number of methoxy groups -OCH3 is 1. The quantitative estimate of drug-likeness (QED) is 0.909. The monoisotopic (exact) mass is 277 g/mol. The molecule has 0 aliphatic rings. The van der Waals surface area contributed by atoms with E-state index in [4.69, 9.17) is 16.3 Å². The first-order chi connectivity index (χ1) is 6.63. The summed E-state index contributed by atoms with van der Waals surface area (Å²) in [6, 6.07) is 5.75. The predicted molar refractivity (Wildman–Crippen MR) is 64.1 cm³/mol. The van der Waals surface area contributed by atoms with E-state index in [-0.39, 0.29) is 6.10 Å². The maximum Gasteiger partial charge on any atom is 0.0715 e. The van der Waals surface area contributed by atoms with Gasteiger partial charge in [-0.25, -0.2) is 0 Å². The van der Waals surface area contributed by atoms with Crippen molar-refractivity contribution < 1.29 is 4.74 Å². The van der Waals surface area contributed by atoms with Crippen molar-refractivity contribution in [3.63, 3.8) is 0 Å². The first kappa shape index (κ1) is 11.8. The minimum Gasteiger partial charge on any atom is -0.381 e. The minimum absolute atomic E-state index is 0.176. The highest BCUT2D eigenvalue weighted by Crippen LogP contribution is 2.25. The van der Waals surface area contributed by atoms with Gasteiger partial charge < -0.3 is 10.1 Å². The largest absolute Gasteiger partial charge is 0.381 e. The molecular weight excluding hydrogens is 265 g/mol. The molecule has 1 aromatic rings. The van der Waals surface area contributed by atoms with Crippen LogP contribution in [-0.4, -0.2) is 19.8 Å². The van der Waals surface area contributed by atoms with Gasteiger partial charge in [0.1, 0.15) is 0 Å². The summed E-state index contributed by atoms with van der Waals surface area (Å²) in [6.07, 6.45) is 0.176. The Morgan fingerprint density at radius 3 is 2.86 bits per heavy atom. The Labute approximate surface area is 97.7 Å². The highest BCUT2D eigenvalue weighted by atomic mass is 79.9. The molecule has 0 aliphatic heterocycles. The van der Waals surface area contributed by atoms with Gasteiger partial charge in [0.05, 0.1) is 16.8 Å². The van der Waals surface area contributed by atoms with Crippen LogP contribution in [0.25, 0.3) is 0 Å². The van der Waals surface area contributed by atoms with Crippen LogP contribution < -0.4 is 5.32 Å². The third-order valence-electron chi connectivity index (χ3n) is 1.91. The summed E-state index contributed by atoms with van der Waals surface area (Å²) < 4.78 is 6.10. The van der Waals surface area contributed by atoms with E-state index in [0.29, 0.717) is 5.02 Å². The number of ether oxygens (including phenoxy) is 1. The summed E-state index contributed by atoms with van der Waals surface area (Å²) in [5.74, 6) is 0. The zero-order valence-corrected chi connectivity index (χ0v) is 10.5. The second kappa shape index (κ2) is 5.59. The van der Waals surface area contributed by atoms with Crippen LogP contribution in [0, 0.1) is 0 Å². The Bertz CT molecular complexity index is 306. The molecule has 0 amide bonds. The minimum atomic E-state index is 0.176. The van der Waals surface area contributed by atoms with Crippen LogP contribution in [0.4, 0.5) is 5.69 Å². The molecule has 1 aromatic carbocycles. The van der Waals surface area contributed by atoms with Crippen LogP contribution in [0.5, 0.6) is 0 Å². The summed E-state index contributed by atoms with van der Waals surface area (Å²) in [7, 11) is 1.69. The summed E-state index contributed by atoms with van der Waals surface area (Å²) in [6.45, 7) is 2.75. The molecular formula is C10H13BrClNO. The van der Waals surface area contributed by atoms with Gasteiger partial charge in [0.25, 0.3) is 0 Å². The molecule has 14 heavy (non-hydrogen) atoms. The van der Waals surface area contributed by atoms with E-state index < -0.39 is 0 Å². The fourth-order valence-electron chi connectivity index (χ4n) is 0.970. The van der Waals surface area contributed by atoms with Gasteiger partial charge in [0, 0.05) is 18.1 Å². The Balaban J connectivity index is 2.59. The molecule has 2 nitrogen and oxygen atoms in total. The molecule has 0 saturated carbocycles. The number of benzene rings is 1. The fraction of sp³-hybridized carbons (Fsp3) is 0.400. The van der Waals surface area contributed by atoms with Crippen molar-refractivity contribution >= 4 is 33.2 Å². The SMILES string of the molecule is COC(C)CNc1ccc(Br)cc1Cl. The standard InChI is InChI=1S/C10H13BrClNO/c1-7(14-2)6-13-10-4-3-8(11)5-9(10)12/h3-5,7,13H,6H2,1-2H3. The van der Waals surface area contributed by atoms with Gasteiger partial charge in [-0.1, -0.05) is 27.5 Å². The summed E-state index contributed by atoms with van der Waals surface area (Å²) >= 11 is 9.38. The molecule has 0 aliphatic carbocycles. The Morgan fingerprint density at radius 2 is 2.29 bits per heavy atom. The van der Waals surface area contributed by atoms with Crippen LogP contribution >= 0.6 is 27.5 Å². The van der Waals surface area contributed by atoms with Gasteiger partial charge in [-0.05, 0) is 25.1 Å². The molecule has 0 fully saturated rings. The van der Waals surface area contributed by atoms with Gasteiger partial charge in [-0.15, -0.1) is 0 Å². The number of hydrogen-bond acceptors (Lipinski definition) is 2. The van der Waals surface area contributed by atoms with E-state index in [1.807, 2.05) is 25.1 Å². The Hall–Kier alpha value is -0.250. The average molecular weight is 279 g/mol. The second-order valence-electron chi connectivity index (χ2n) is 3.05. The molecule has 0 spiro atoms. The topological polar surface area (TPSA) is 21.3 Å². The number of nitrogens with one attached hydrogen (secondary N) is 1. The lowest BCUT2D eigenvalue weighted by Crippen LogP contribution is -2.18. The lowest BCUT2D eigenvalue weighted by atomic mass is 10.3. The fourth-order valence-corrected chi connectivity index (χ4v) is 1.71.